The van der Waals surface area contributed by atoms with Crippen LogP contribution in [0, 0.1) is 0 Å². The minimum absolute atomic E-state index is 0.101. The number of carboxylic acids is 1. The Balaban J connectivity index is 2.34. The number of ether oxygens (including phenoxy) is 1. The monoisotopic (exact) mass is 401 g/mol. The standard InChI is InChI=1S/C15H17F2N5O4S/c1-2-26-15(25)20-14(27)22(10-3-4-19-12(10)13(23)24)6-9-5-18-8-21(9)7-11(16)17/h3-5,8,11,19H,2,6-7H2,1H3,(H,23,24)(H,20,25,27). The summed E-state index contributed by atoms with van der Waals surface area (Å²) in [6.07, 6.45) is 0.556. The summed E-state index contributed by atoms with van der Waals surface area (Å²) in [5.41, 5.74) is 0.317. The van der Waals surface area contributed by atoms with E-state index in [4.69, 9.17) is 17.0 Å². The number of rotatable bonds is 7. The van der Waals surface area contributed by atoms with Gasteiger partial charge in [0.1, 0.15) is 5.69 Å². The van der Waals surface area contributed by atoms with Gasteiger partial charge in [0.05, 0.1) is 37.4 Å². The Hall–Kier alpha value is -3.02. The van der Waals surface area contributed by atoms with Crippen LogP contribution in [0.4, 0.5) is 19.3 Å². The average Bonchev–Trinajstić information content (AvgIpc) is 3.21. The minimum atomic E-state index is -2.60. The van der Waals surface area contributed by atoms with Crippen molar-refractivity contribution in [2.45, 2.75) is 26.4 Å². The number of aromatic carboxylic acids is 1. The molecule has 2 aromatic rings. The highest BCUT2D eigenvalue weighted by Crippen LogP contribution is 2.22. The zero-order chi connectivity index (χ0) is 20.0. The molecular formula is C15H17F2N5O4S. The number of alkyl halides is 2. The molecule has 2 rings (SSSR count). The summed E-state index contributed by atoms with van der Waals surface area (Å²) >= 11 is 5.19. The number of halogens is 2. The van der Waals surface area contributed by atoms with Gasteiger partial charge in [-0.3, -0.25) is 5.32 Å². The molecule has 2 aromatic heterocycles. The number of anilines is 1. The molecule has 0 aromatic carbocycles. The van der Waals surface area contributed by atoms with Crippen LogP contribution in [0.15, 0.2) is 24.8 Å². The Kier molecular flexibility index (Phi) is 6.82. The van der Waals surface area contributed by atoms with Gasteiger partial charge in [-0.2, -0.15) is 0 Å². The van der Waals surface area contributed by atoms with E-state index in [1.165, 1.54) is 34.3 Å². The molecule has 1 amide bonds. The Bertz CT molecular complexity index is 823. The average molecular weight is 401 g/mol. The van der Waals surface area contributed by atoms with Crippen LogP contribution in [0.2, 0.25) is 0 Å². The summed E-state index contributed by atoms with van der Waals surface area (Å²) in [6.45, 7) is 1.04. The van der Waals surface area contributed by atoms with Crippen LogP contribution in [0.1, 0.15) is 23.1 Å². The number of amides is 1. The summed E-state index contributed by atoms with van der Waals surface area (Å²) in [6, 6.07) is 1.44. The van der Waals surface area contributed by atoms with Gasteiger partial charge >= 0.3 is 12.1 Å². The summed E-state index contributed by atoms with van der Waals surface area (Å²) < 4.78 is 31.4. The molecule has 0 aliphatic carbocycles. The molecule has 2 heterocycles. The van der Waals surface area contributed by atoms with Gasteiger partial charge in [0.2, 0.25) is 0 Å². The van der Waals surface area contributed by atoms with Crippen molar-refractivity contribution >= 4 is 35.1 Å². The summed E-state index contributed by atoms with van der Waals surface area (Å²) in [5, 5.41) is 11.5. The first-order valence-electron chi connectivity index (χ1n) is 7.76. The second kappa shape index (κ2) is 9.07. The summed E-state index contributed by atoms with van der Waals surface area (Å²) in [7, 11) is 0. The largest absolute Gasteiger partial charge is 0.477 e. The van der Waals surface area contributed by atoms with Gasteiger partial charge in [0.25, 0.3) is 6.43 Å². The number of aromatic nitrogens is 3. The Morgan fingerprint density at radius 1 is 1.52 bits per heavy atom. The molecule has 0 saturated carbocycles. The zero-order valence-corrected chi connectivity index (χ0v) is 15.0. The van der Waals surface area contributed by atoms with Gasteiger partial charge in [0, 0.05) is 12.4 Å². The zero-order valence-electron chi connectivity index (χ0n) is 14.2. The molecule has 0 bridgehead atoms. The molecule has 0 aliphatic rings. The molecule has 0 fully saturated rings. The first-order chi connectivity index (χ1) is 12.8. The first-order valence-corrected chi connectivity index (χ1v) is 8.17. The van der Waals surface area contributed by atoms with Gasteiger partial charge < -0.3 is 24.3 Å². The van der Waals surface area contributed by atoms with Crippen molar-refractivity contribution in [3.63, 3.8) is 0 Å². The van der Waals surface area contributed by atoms with E-state index in [0.717, 1.165) is 0 Å². The van der Waals surface area contributed by atoms with E-state index in [0.29, 0.717) is 5.69 Å². The number of imidazole rings is 1. The normalized spacial score (nSPS) is 10.7. The highest BCUT2D eigenvalue weighted by atomic mass is 32.1. The lowest BCUT2D eigenvalue weighted by Gasteiger charge is -2.25. The molecule has 0 saturated heterocycles. The van der Waals surface area contributed by atoms with Crippen LogP contribution in [-0.4, -0.2) is 49.8 Å². The lowest BCUT2D eigenvalue weighted by molar-refractivity contribution is 0.0692. The van der Waals surface area contributed by atoms with Gasteiger partial charge in [-0.05, 0) is 25.2 Å². The van der Waals surface area contributed by atoms with E-state index in [1.807, 2.05) is 0 Å². The van der Waals surface area contributed by atoms with Crippen LogP contribution >= 0.6 is 12.2 Å². The molecule has 12 heteroatoms. The molecule has 0 aliphatic heterocycles. The van der Waals surface area contributed by atoms with Crippen molar-refractivity contribution in [3.05, 3.63) is 36.2 Å². The fourth-order valence-electron chi connectivity index (χ4n) is 2.30. The Morgan fingerprint density at radius 2 is 2.26 bits per heavy atom. The van der Waals surface area contributed by atoms with Gasteiger partial charge in [0.15, 0.2) is 5.11 Å². The smallest absolute Gasteiger partial charge is 0.413 e. The molecule has 0 unspecified atom stereocenters. The van der Waals surface area contributed by atoms with Gasteiger partial charge in [-0.25, -0.2) is 23.4 Å². The molecule has 27 heavy (non-hydrogen) atoms. The first kappa shape index (κ1) is 20.3. The van der Waals surface area contributed by atoms with Crippen LogP contribution in [0.25, 0.3) is 0 Å². The molecular weight excluding hydrogens is 384 g/mol. The van der Waals surface area contributed by atoms with Crippen molar-refractivity contribution in [1.29, 1.82) is 0 Å². The predicted octanol–water partition coefficient (Wildman–Crippen LogP) is 2.21. The molecule has 0 spiro atoms. The molecule has 9 nitrogen and oxygen atoms in total. The number of hydrogen-bond acceptors (Lipinski definition) is 5. The number of thiocarbonyl (C=S) groups is 1. The molecule has 3 N–H and O–H groups in total. The number of nitrogens with zero attached hydrogens (tertiary/aromatic N) is 3. The summed E-state index contributed by atoms with van der Waals surface area (Å²) in [4.78, 5) is 30.8. The van der Waals surface area contributed by atoms with E-state index in [9.17, 15) is 23.5 Å². The third-order valence-electron chi connectivity index (χ3n) is 3.41. The van der Waals surface area contributed by atoms with E-state index >= 15 is 0 Å². The molecule has 0 atom stereocenters. The maximum Gasteiger partial charge on any atom is 0.413 e. The number of H-pyrrole nitrogens is 1. The van der Waals surface area contributed by atoms with E-state index in [-0.39, 0.29) is 29.6 Å². The van der Waals surface area contributed by atoms with Crippen LogP contribution < -0.4 is 10.2 Å². The van der Waals surface area contributed by atoms with Crippen LogP contribution in [0.3, 0.4) is 0 Å². The van der Waals surface area contributed by atoms with E-state index in [1.54, 1.807) is 6.92 Å². The molecule has 146 valence electrons. The number of carboxylic acid groups (broad SMARTS) is 1. The maximum absolute atomic E-state index is 12.7. The highest BCUT2D eigenvalue weighted by molar-refractivity contribution is 7.80. The minimum Gasteiger partial charge on any atom is -0.477 e. The third-order valence-corrected chi connectivity index (χ3v) is 3.74. The van der Waals surface area contributed by atoms with Crippen molar-refractivity contribution in [2.75, 3.05) is 11.5 Å². The second-order valence-electron chi connectivity index (χ2n) is 5.21. The lowest BCUT2D eigenvalue weighted by Crippen LogP contribution is -2.43. The van der Waals surface area contributed by atoms with Crippen molar-refractivity contribution in [1.82, 2.24) is 19.9 Å². The highest BCUT2D eigenvalue weighted by Gasteiger charge is 2.24. The number of aromatic amines is 1. The maximum atomic E-state index is 12.7. The number of alkyl carbamates (subject to hydrolysis) is 1. The van der Waals surface area contributed by atoms with Crippen LogP contribution in [0.5, 0.6) is 0 Å². The molecule has 0 radical (unpaired) electrons. The van der Waals surface area contributed by atoms with E-state index < -0.39 is 25.0 Å². The third kappa shape index (κ3) is 5.23. The number of hydrogen-bond donors (Lipinski definition) is 3. The fourth-order valence-corrected chi connectivity index (χ4v) is 2.55. The van der Waals surface area contributed by atoms with Crippen molar-refractivity contribution in [2.24, 2.45) is 0 Å². The number of carbonyl (C=O) groups excluding carboxylic acids is 1. The fraction of sp³-hybridized carbons (Fsp3) is 0.333. The Morgan fingerprint density at radius 3 is 2.89 bits per heavy atom. The topological polar surface area (TPSA) is 112 Å². The number of carbonyl (C=O) groups is 2. The SMILES string of the molecule is CCOC(=O)NC(=S)N(Cc1cncn1CC(F)F)c1cc[nH]c1C(=O)O. The lowest BCUT2D eigenvalue weighted by atomic mass is 10.3. The predicted molar refractivity (Wildman–Crippen MR) is 94.9 cm³/mol. The van der Waals surface area contributed by atoms with Crippen LogP contribution in [-0.2, 0) is 17.8 Å². The van der Waals surface area contributed by atoms with Crippen molar-refractivity contribution in [3.8, 4) is 0 Å². The van der Waals surface area contributed by atoms with Gasteiger partial charge in [-0.1, -0.05) is 0 Å². The summed E-state index contributed by atoms with van der Waals surface area (Å²) in [5.74, 6) is -1.25. The van der Waals surface area contributed by atoms with E-state index in [2.05, 4.69) is 15.3 Å². The second-order valence-corrected chi connectivity index (χ2v) is 5.59. The quantitative estimate of drug-likeness (QED) is 0.610. The van der Waals surface area contributed by atoms with Gasteiger partial charge in [-0.15, -0.1) is 0 Å². The number of nitrogens with one attached hydrogen (secondary N) is 2. The van der Waals surface area contributed by atoms with Crippen molar-refractivity contribution < 1.29 is 28.2 Å². The Labute approximate surface area is 157 Å².